The molecule has 0 aliphatic heterocycles. The zero-order valence-electron chi connectivity index (χ0n) is 17.6. The molecular weight excluding hydrogens is 423 g/mol. The van der Waals surface area contributed by atoms with E-state index in [1.165, 1.54) is 31.2 Å². The average Bonchev–Trinajstić information content (AvgIpc) is 3.17. The quantitative estimate of drug-likeness (QED) is 0.596. The lowest BCUT2D eigenvalue weighted by Crippen LogP contribution is -2.34. The number of halogens is 1. The first kappa shape index (κ1) is 24.0. The van der Waals surface area contributed by atoms with Gasteiger partial charge in [0.15, 0.2) is 0 Å². The summed E-state index contributed by atoms with van der Waals surface area (Å²) in [5, 5.41) is 14.8. The molecule has 1 aromatic carbocycles. The molecule has 0 fully saturated rings. The molecule has 0 aliphatic rings. The number of aromatic amines is 1. The van der Waals surface area contributed by atoms with Crippen LogP contribution in [0.2, 0.25) is 0 Å². The third kappa shape index (κ3) is 5.45. The Morgan fingerprint density at radius 3 is 2.39 bits per heavy atom. The van der Waals surface area contributed by atoms with Gasteiger partial charge >= 0.3 is 5.76 Å². The number of H-pyrrole nitrogens is 1. The van der Waals surface area contributed by atoms with Crippen LogP contribution in [0.3, 0.4) is 0 Å². The minimum Gasteiger partial charge on any atom is -0.391 e. The highest BCUT2D eigenvalue weighted by atomic mass is 32.2. The van der Waals surface area contributed by atoms with Crippen molar-refractivity contribution in [2.75, 3.05) is 0 Å². The van der Waals surface area contributed by atoms with Crippen molar-refractivity contribution in [2.24, 2.45) is 5.92 Å². The Morgan fingerprint density at radius 1 is 1.32 bits per heavy atom. The van der Waals surface area contributed by atoms with Crippen LogP contribution in [0.1, 0.15) is 45.2 Å². The number of allylic oxidation sites excluding steroid dienone is 4. The van der Waals surface area contributed by atoms with E-state index in [0.717, 1.165) is 0 Å². The molecule has 0 unspecified atom stereocenters. The van der Waals surface area contributed by atoms with Gasteiger partial charge in [-0.05, 0) is 61.8 Å². The molecule has 0 saturated heterocycles. The summed E-state index contributed by atoms with van der Waals surface area (Å²) < 4.78 is 48.0. The standard InChI is InChI=1S/C21H23FN4O4S/c1-6-12(2)13(3)18(15(5)22)14(4)19(20-24-25-21(27)30-20)26-31(28,29)17-9-7-16(11-23)8-10-17/h6-10,14,19,26H,1H2,2-5H3,(H,25,27)/b13-12-,18-15-/t14-,19+/m1/s1. The van der Waals surface area contributed by atoms with Crippen LogP contribution in [0.4, 0.5) is 4.39 Å². The van der Waals surface area contributed by atoms with Gasteiger partial charge in [-0.25, -0.2) is 22.7 Å². The van der Waals surface area contributed by atoms with Crippen molar-refractivity contribution in [3.05, 3.63) is 81.5 Å². The Labute approximate surface area is 179 Å². The van der Waals surface area contributed by atoms with Gasteiger partial charge in [0.1, 0.15) is 11.9 Å². The minimum atomic E-state index is -4.14. The van der Waals surface area contributed by atoms with Gasteiger partial charge in [-0.15, -0.1) is 5.10 Å². The van der Waals surface area contributed by atoms with E-state index in [1.54, 1.807) is 26.8 Å². The van der Waals surface area contributed by atoms with E-state index in [-0.39, 0.29) is 16.4 Å². The van der Waals surface area contributed by atoms with E-state index in [4.69, 9.17) is 9.68 Å². The van der Waals surface area contributed by atoms with Gasteiger partial charge in [-0.1, -0.05) is 19.6 Å². The van der Waals surface area contributed by atoms with Crippen LogP contribution in [-0.2, 0) is 10.0 Å². The second-order valence-corrected chi connectivity index (χ2v) is 8.65. The molecule has 2 N–H and O–H groups in total. The predicted molar refractivity (Wildman–Crippen MR) is 113 cm³/mol. The van der Waals surface area contributed by atoms with Crippen LogP contribution in [0.25, 0.3) is 0 Å². The Bertz CT molecular complexity index is 1230. The highest BCUT2D eigenvalue weighted by Gasteiger charge is 2.33. The molecule has 2 rings (SSSR count). The lowest BCUT2D eigenvalue weighted by Gasteiger charge is -2.26. The molecule has 2 atom stereocenters. The summed E-state index contributed by atoms with van der Waals surface area (Å²) in [4.78, 5) is 11.4. The van der Waals surface area contributed by atoms with Crippen molar-refractivity contribution in [2.45, 2.75) is 38.6 Å². The second-order valence-electron chi connectivity index (χ2n) is 6.93. The van der Waals surface area contributed by atoms with E-state index in [9.17, 15) is 17.6 Å². The normalized spacial score (nSPS) is 15.4. The first-order valence-electron chi connectivity index (χ1n) is 9.26. The predicted octanol–water partition coefficient (Wildman–Crippen LogP) is 3.66. The van der Waals surface area contributed by atoms with Crippen LogP contribution in [0.15, 0.2) is 73.6 Å². The molecular formula is C21H23FN4O4S. The summed E-state index contributed by atoms with van der Waals surface area (Å²) in [5.74, 6) is -2.44. The SMILES string of the molecule is C=C/C(C)=C(C)\C(=C(/C)F)[C@@H](C)[C@H](NS(=O)(=O)c1ccc(C#N)cc1)c1n[nH]c(=O)o1. The zero-order valence-corrected chi connectivity index (χ0v) is 18.4. The number of sulfonamides is 1. The van der Waals surface area contributed by atoms with Crippen molar-refractivity contribution >= 4 is 10.0 Å². The Morgan fingerprint density at radius 2 is 1.94 bits per heavy atom. The lowest BCUT2D eigenvalue weighted by molar-refractivity contribution is 0.360. The molecule has 2 aromatic rings. The van der Waals surface area contributed by atoms with E-state index >= 15 is 0 Å². The van der Waals surface area contributed by atoms with Gasteiger partial charge in [-0.2, -0.15) is 9.98 Å². The van der Waals surface area contributed by atoms with Gasteiger partial charge in [0, 0.05) is 5.92 Å². The van der Waals surface area contributed by atoms with E-state index < -0.39 is 33.6 Å². The summed E-state index contributed by atoms with van der Waals surface area (Å²) in [6.07, 6.45) is 1.57. The molecule has 1 aromatic heterocycles. The largest absolute Gasteiger partial charge is 0.434 e. The third-order valence-electron chi connectivity index (χ3n) is 4.92. The molecule has 31 heavy (non-hydrogen) atoms. The number of hydrogen-bond acceptors (Lipinski definition) is 6. The molecule has 0 saturated carbocycles. The zero-order chi connectivity index (χ0) is 23.3. The molecule has 0 amide bonds. The third-order valence-corrected chi connectivity index (χ3v) is 6.38. The fourth-order valence-electron chi connectivity index (χ4n) is 3.13. The monoisotopic (exact) mass is 446 g/mol. The van der Waals surface area contributed by atoms with Gasteiger partial charge in [0.05, 0.1) is 16.5 Å². The Balaban J connectivity index is 2.58. The number of benzene rings is 1. The van der Waals surface area contributed by atoms with Crippen molar-refractivity contribution in [3.63, 3.8) is 0 Å². The summed E-state index contributed by atoms with van der Waals surface area (Å²) in [6.45, 7) is 9.99. The van der Waals surface area contributed by atoms with E-state index in [0.29, 0.717) is 16.7 Å². The molecule has 164 valence electrons. The summed E-state index contributed by atoms with van der Waals surface area (Å²) in [6, 6.07) is 5.97. The maximum Gasteiger partial charge on any atom is 0.434 e. The van der Waals surface area contributed by atoms with Crippen molar-refractivity contribution in [1.29, 1.82) is 5.26 Å². The Hall–Kier alpha value is -3.29. The van der Waals surface area contributed by atoms with Crippen LogP contribution in [0.5, 0.6) is 0 Å². The highest BCUT2D eigenvalue weighted by Crippen LogP contribution is 2.35. The number of nitrogens with one attached hydrogen (secondary N) is 2. The van der Waals surface area contributed by atoms with Gasteiger partial charge < -0.3 is 4.42 Å². The first-order valence-corrected chi connectivity index (χ1v) is 10.7. The van der Waals surface area contributed by atoms with Gasteiger partial charge in [0.2, 0.25) is 15.9 Å². The molecule has 1 heterocycles. The maximum atomic E-state index is 14.6. The van der Waals surface area contributed by atoms with E-state index in [2.05, 4.69) is 21.5 Å². The molecule has 0 spiro atoms. The molecule has 0 bridgehead atoms. The smallest absolute Gasteiger partial charge is 0.391 e. The van der Waals surface area contributed by atoms with E-state index in [1.807, 2.05) is 6.07 Å². The number of nitriles is 1. The molecule has 10 heteroatoms. The van der Waals surface area contributed by atoms with Crippen LogP contribution >= 0.6 is 0 Å². The van der Waals surface area contributed by atoms with Crippen molar-refractivity contribution < 1.29 is 17.2 Å². The maximum absolute atomic E-state index is 14.6. The number of hydrogen-bond donors (Lipinski definition) is 2. The lowest BCUT2D eigenvalue weighted by atomic mass is 9.86. The average molecular weight is 447 g/mol. The molecule has 8 nitrogen and oxygen atoms in total. The number of aromatic nitrogens is 2. The number of nitrogens with zero attached hydrogens (tertiary/aromatic N) is 2. The van der Waals surface area contributed by atoms with Crippen molar-refractivity contribution in [1.82, 2.24) is 14.9 Å². The first-order chi connectivity index (χ1) is 14.5. The second kappa shape index (κ2) is 9.68. The van der Waals surface area contributed by atoms with Gasteiger partial charge in [0.25, 0.3) is 0 Å². The van der Waals surface area contributed by atoms with Crippen molar-refractivity contribution in [3.8, 4) is 6.07 Å². The summed E-state index contributed by atoms with van der Waals surface area (Å²) in [5.41, 5.74) is 1.80. The van der Waals surface area contributed by atoms with Crippen LogP contribution < -0.4 is 10.5 Å². The summed E-state index contributed by atoms with van der Waals surface area (Å²) in [7, 11) is -4.14. The fourth-order valence-corrected chi connectivity index (χ4v) is 4.40. The topological polar surface area (TPSA) is 129 Å². The number of rotatable bonds is 8. The minimum absolute atomic E-state index is 0.112. The Kier molecular flexibility index (Phi) is 7.49. The summed E-state index contributed by atoms with van der Waals surface area (Å²) >= 11 is 0. The van der Waals surface area contributed by atoms with Crippen LogP contribution in [-0.4, -0.2) is 18.6 Å². The van der Waals surface area contributed by atoms with Crippen LogP contribution in [0, 0.1) is 17.2 Å². The molecule has 0 radical (unpaired) electrons. The highest BCUT2D eigenvalue weighted by molar-refractivity contribution is 7.89. The molecule has 0 aliphatic carbocycles. The fraction of sp³-hybridized carbons (Fsp3) is 0.286. The van der Waals surface area contributed by atoms with Gasteiger partial charge in [-0.3, -0.25) is 0 Å².